The van der Waals surface area contributed by atoms with E-state index >= 15 is 0 Å². The van der Waals surface area contributed by atoms with E-state index in [2.05, 4.69) is 21.3 Å². The van der Waals surface area contributed by atoms with Crippen molar-refractivity contribution in [2.24, 2.45) is 0 Å². The first-order valence-electron chi connectivity index (χ1n) is 12.8. The summed E-state index contributed by atoms with van der Waals surface area (Å²) in [4.78, 5) is 7.29. The second-order valence-electron chi connectivity index (χ2n) is 9.97. The van der Waals surface area contributed by atoms with Crippen molar-refractivity contribution in [3.8, 4) is 0 Å². The van der Waals surface area contributed by atoms with E-state index in [1.54, 1.807) is 4.90 Å². The third-order valence-electron chi connectivity index (χ3n) is 7.09. The number of halogens is 3. The third-order valence-corrected chi connectivity index (χ3v) is 7.09. The van der Waals surface area contributed by atoms with Gasteiger partial charge in [0.2, 0.25) is 0 Å². The predicted molar refractivity (Wildman–Crippen MR) is 143 cm³/mol. The number of alkyl halides is 3. The van der Waals surface area contributed by atoms with Crippen LogP contribution in [0.5, 0.6) is 0 Å². The van der Waals surface area contributed by atoms with E-state index in [1.165, 1.54) is 17.2 Å². The van der Waals surface area contributed by atoms with Crippen molar-refractivity contribution in [2.75, 3.05) is 44.8 Å². The standard InChI is InChI=1S/C15H18F2N2O.C13H18FN3/c1-10-6-12-11-4-2-3-5-13(11)18-14(12)7-19(10)8-15(16,17)9-20;14-6-3-7-17-9-12(10-17)16-13-5-2-1-4-11(13)8-15/h2-5,10,18,20H,6-9H2,1H3;1-2,4-5,8,12,15-16H,3,6-7,9-10H2. The zero-order valence-electron chi connectivity index (χ0n) is 21.2. The van der Waals surface area contributed by atoms with Crippen LogP contribution in [-0.2, 0) is 13.0 Å². The molecule has 0 amide bonds. The van der Waals surface area contributed by atoms with Gasteiger partial charge in [0.05, 0.1) is 19.3 Å². The van der Waals surface area contributed by atoms with Crippen molar-refractivity contribution in [3.05, 3.63) is 65.4 Å². The minimum atomic E-state index is -3.04. The van der Waals surface area contributed by atoms with Gasteiger partial charge >= 0.3 is 0 Å². The third kappa shape index (κ3) is 6.71. The maximum Gasteiger partial charge on any atom is 0.283 e. The molecule has 1 unspecified atom stereocenters. The number of fused-ring (bicyclic) bond motifs is 3. The summed E-state index contributed by atoms with van der Waals surface area (Å²) in [6, 6.07) is 16.3. The Bertz CT molecular complexity index is 1180. The van der Waals surface area contributed by atoms with Crippen LogP contribution in [0.1, 0.15) is 30.2 Å². The van der Waals surface area contributed by atoms with Gasteiger partial charge in [-0.25, -0.2) is 8.78 Å². The van der Waals surface area contributed by atoms with Gasteiger partial charge in [0.1, 0.15) is 6.61 Å². The Morgan fingerprint density at radius 3 is 2.62 bits per heavy atom. The molecule has 0 saturated carbocycles. The molecule has 0 radical (unpaired) electrons. The zero-order valence-corrected chi connectivity index (χ0v) is 21.2. The molecule has 0 spiro atoms. The first-order chi connectivity index (χ1) is 17.8. The summed E-state index contributed by atoms with van der Waals surface area (Å²) in [5, 5.41) is 20.7. The number of benzene rings is 2. The van der Waals surface area contributed by atoms with Crippen LogP contribution >= 0.6 is 0 Å². The summed E-state index contributed by atoms with van der Waals surface area (Å²) in [5.41, 5.74) is 5.22. The molecule has 2 aliphatic heterocycles. The molecule has 2 aromatic carbocycles. The molecule has 37 heavy (non-hydrogen) atoms. The highest BCUT2D eigenvalue weighted by Crippen LogP contribution is 2.31. The van der Waals surface area contributed by atoms with Crippen molar-refractivity contribution in [2.45, 2.75) is 44.3 Å². The predicted octanol–water partition coefficient (Wildman–Crippen LogP) is 4.68. The van der Waals surface area contributed by atoms with E-state index in [4.69, 9.17) is 10.5 Å². The number of aliphatic hydroxyl groups excluding tert-OH is 1. The number of nitrogens with zero attached hydrogens (tertiary/aromatic N) is 2. The van der Waals surface area contributed by atoms with Crippen molar-refractivity contribution in [1.29, 1.82) is 5.41 Å². The lowest BCUT2D eigenvalue weighted by Crippen LogP contribution is -2.54. The molecule has 5 rings (SSSR count). The van der Waals surface area contributed by atoms with Gasteiger partial charge in [-0.1, -0.05) is 36.4 Å². The number of likely N-dealkylation sites (tertiary alicyclic amines) is 1. The Morgan fingerprint density at radius 1 is 1.16 bits per heavy atom. The molecule has 0 bridgehead atoms. The molecule has 1 aromatic heterocycles. The monoisotopic (exact) mass is 515 g/mol. The van der Waals surface area contributed by atoms with E-state index in [0.29, 0.717) is 19.0 Å². The Labute approximate surface area is 216 Å². The van der Waals surface area contributed by atoms with Gasteiger partial charge in [0.15, 0.2) is 0 Å². The van der Waals surface area contributed by atoms with Crippen LogP contribution in [-0.4, -0.2) is 83.6 Å². The smallest absolute Gasteiger partial charge is 0.283 e. The van der Waals surface area contributed by atoms with E-state index in [9.17, 15) is 13.2 Å². The van der Waals surface area contributed by atoms with Crippen LogP contribution in [0.4, 0.5) is 18.9 Å². The fraction of sp³-hybridized carbons (Fsp3) is 0.464. The van der Waals surface area contributed by atoms with Gasteiger partial charge in [0.25, 0.3) is 5.92 Å². The minimum Gasteiger partial charge on any atom is -0.390 e. The average molecular weight is 516 g/mol. The highest BCUT2D eigenvalue weighted by atomic mass is 19.3. The van der Waals surface area contributed by atoms with Crippen molar-refractivity contribution < 1.29 is 18.3 Å². The lowest BCUT2D eigenvalue weighted by Gasteiger charge is -2.40. The van der Waals surface area contributed by atoms with Gasteiger partial charge in [-0.15, -0.1) is 0 Å². The number of aromatic nitrogens is 1. The lowest BCUT2D eigenvalue weighted by molar-refractivity contribution is -0.0819. The average Bonchev–Trinajstić information content (AvgIpc) is 3.23. The summed E-state index contributed by atoms with van der Waals surface area (Å²) in [5.74, 6) is -3.04. The molecule has 1 fully saturated rings. The Balaban J connectivity index is 0.000000176. The number of hydrogen-bond donors (Lipinski definition) is 4. The molecule has 0 aliphatic carbocycles. The highest BCUT2D eigenvalue weighted by Gasteiger charge is 2.35. The fourth-order valence-corrected chi connectivity index (χ4v) is 5.07. The van der Waals surface area contributed by atoms with Crippen molar-refractivity contribution >= 4 is 22.8 Å². The first-order valence-corrected chi connectivity index (χ1v) is 12.8. The molecule has 9 heteroatoms. The molecule has 200 valence electrons. The normalized spacial score (nSPS) is 18.6. The van der Waals surface area contributed by atoms with Crippen LogP contribution in [0.25, 0.3) is 10.9 Å². The zero-order chi connectivity index (χ0) is 26.4. The molecule has 2 aliphatic rings. The second-order valence-corrected chi connectivity index (χ2v) is 9.97. The molecule has 1 saturated heterocycles. The number of anilines is 1. The Hall–Kier alpha value is -2.88. The largest absolute Gasteiger partial charge is 0.390 e. The van der Waals surface area contributed by atoms with E-state index in [1.807, 2.05) is 49.4 Å². The lowest BCUT2D eigenvalue weighted by atomic mass is 9.97. The van der Waals surface area contributed by atoms with Gasteiger partial charge in [-0.3, -0.25) is 14.2 Å². The summed E-state index contributed by atoms with van der Waals surface area (Å²) in [6.45, 7) is 3.47. The van der Waals surface area contributed by atoms with Crippen LogP contribution < -0.4 is 5.32 Å². The fourth-order valence-electron chi connectivity index (χ4n) is 5.07. The highest BCUT2D eigenvalue weighted by molar-refractivity contribution is 5.86. The van der Waals surface area contributed by atoms with Crippen LogP contribution in [0.3, 0.4) is 0 Å². The maximum atomic E-state index is 13.4. The van der Waals surface area contributed by atoms with Crippen LogP contribution in [0, 0.1) is 5.41 Å². The molecular weight excluding hydrogens is 479 g/mol. The first kappa shape index (κ1) is 27.2. The van der Waals surface area contributed by atoms with Gasteiger partial charge in [0, 0.05) is 66.3 Å². The number of rotatable bonds is 9. The maximum absolute atomic E-state index is 13.4. The summed E-state index contributed by atoms with van der Waals surface area (Å²) < 4.78 is 38.8. The van der Waals surface area contributed by atoms with E-state index in [-0.39, 0.29) is 12.7 Å². The van der Waals surface area contributed by atoms with Crippen molar-refractivity contribution in [3.63, 3.8) is 0 Å². The van der Waals surface area contributed by atoms with Crippen LogP contribution in [0.15, 0.2) is 48.5 Å². The molecule has 3 aromatic rings. The number of hydrogen-bond acceptors (Lipinski definition) is 5. The Kier molecular flexibility index (Phi) is 8.89. The SMILES string of the molecule is CC1Cc2c([nH]c3ccccc23)CN1CC(F)(F)CO.N=Cc1ccccc1NC1CN(CCCF)C1. The summed E-state index contributed by atoms with van der Waals surface area (Å²) >= 11 is 0. The van der Waals surface area contributed by atoms with Gasteiger partial charge in [-0.2, -0.15) is 0 Å². The second kappa shape index (κ2) is 12.1. The van der Waals surface area contributed by atoms with E-state index in [0.717, 1.165) is 48.5 Å². The van der Waals surface area contributed by atoms with Gasteiger partial charge < -0.3 is 20.8 Å². The number of H-pyrrole nitrogens is 1. The van der Waals surface area contributed by atoms with Crippen LogP contribution in [0.2, 0.25) is 0 Å². The molecule has 3 heterocycles. The molecular formula is C28H36F3N5O. The summed E-state index contributed by atoms with van der Waals surface area (Å²) in [6.07, 6.45) is 2.74. The van der Waals surface area contributed by atoms with E-state index < -0.39 is 19.1 Å². The number of nitrogens with one attached hydrogen (secondary N) is 3. The summed E-state index contributed by atoms with van der Waals surface area (Å²) in [7, 11) is 0. The van der Waals surface area contributed by atoms with Crippen molar-refractivity contribution in [1.82, 2.24) is 14.8 Å². The number of aromatic amines is 1. The quantitative estimate of drug-likeness (QED) is 0.312. The molecule has 4 N–H and O–H groups in total. The topological polar surface area (TPSA) is 78.4 Å². The Morgan fingerprint density at radius 2 is 1.89 bits per heavy atom. The number of para-hydroxylation sites is 2. The molecule has 6 nitrogen and oxygen atoms in total. The minimum absolute atomic E-state index is 0.0409. The van der Waals surface area contributed by atoms with Gasteiger partial charge in [-0.05, 0) is 37.5 Å². The molecule has 1 atom stereocenters. The number of aliphatic hydroxyl groups is 1.